The second-order valence-electron chi connectivity index (χ2n) is 9.28. The Hall–Kier alpha value is -4.62. The predicted octanol–water partition coefficient (Wildman–Crippen LogP) is 4.22. The Bertz CT molecular complexity index is 1760. The lowest BCUT2D eigenvalue weighted by atomic mass is 9.95. The number of aryl methyl sites for hydroxylation is 1. The Kier molecular flexibility index (Phi) is 5.43. The molecule has 6 rings (SSSR count). The number of fused-ring (bicyclic) bond motifs is 2. The van der Waals surface area contributed by atoms with Gasteiger partial charge in [0.05, 0.1) is 18.3 Å². The summed E-state index contributed by atoms with van der Waals surface area (Å²) in [7, 11) is 3.55. The highest BCUT2D eigenvalue weighted by atomic mass is 16.5. The number of benzene rings is 3. The van der Waals surface area contributed by atoms with Crippen molar-refractivity contribution < 1.29 is 14.3 Å². The zero-order valence-electron chi connectivity index (χ0n) is 20.6. The highest BCUT2D eigenvalue weighted by Gasteiger charge is 2.35. The highest BCUT2D eigenvalue weighted by Crippen LogP contribution is 2.39. The molecule has 7 heteroatoms. The van der Waals surface area contributed by atoms with E-state index < -0.39 is 11.8 Å². The van der Waals surface area contributed by atoms with Crippen LogP contribution in [-0.4, -0.2) is 28.1 Å². The standard InChI is InChI=1S/C30H26N4O3/c1-33-16-23(21-8-3-4-9-25(21)33)27-28(30(36)32-29(27)35)24-17-34(15-19-7-5-6-18(12-19)14-31)26-11-10-20(37-2)13-22(24)26/h3-13,16-17H,14-15,31H2,1-2H3,(H,32,35,36). The molecule has 0 saturated heterocycles. The molecule has 2 amide bonds. The van der Waals surface area contributed by atoms with Crippen LogP contribution in [0.15, 0.2) is 79.1 Å². The van der Waals surface area contributed by atoms with Crippen molar-refractivity contribution in [1.29, 1.82) is 0 Å². The molecule has 0 saturated carbocycles. The van der Waals surface area contributed by atoms with Crippen molar-refractivity contribution in [2.24, 2.45) is 12.8 Å². The van der Waals surface area contributed by atoms with Crippen molar-refractivity contribution in [3.8, 4) is 5.75 Å². The summed E-state index contributed by atoms with van der Waals surface area (Å²) in [6.45, 7) is 1.05. The van der Waals surface area contributed by atoms with E-state index in [1.165, 1.54) is 0 Å². The number of para-hydroxylation sites is 1. The van der Waals surface area contributed by atoms with Crippen LogP contribution in [0, 0.1) is 0 Å². The van der Waals surface area contributed by atoms with Gasteiger partial charge in [0.1, 0.15) is 5.75 Å². The van der Waals surface area contributed by atoms with E-state index in [-0.39, 0.29) is 0 Å². The van der Waals surface area contributed by atoms with E-state index in [4.69, 9.17) is 10.5 Å². The molecule has 2 aromatic heterocycles. The van der Waals surface area contributed by atoms with Gasteiger partial charge in [0, 0.05) is 65.5 Å². The average molecular weight is 491 g/mol. The molecule has 0 bridgehead atoms. The number of nitrogens with zero attached hydrogens (tertiary/aromatic N) is 2. The van der Waals surface area contributed by atoms with Crippen LogP contribution >= 0.6 is 0 Å². The van der Waals surface area contributed by atoms with Crippen LogP contribution in [0.1, 0.15) is 22.3 Å². The summed E-state index contributed by atoms with van der Waals surface area (Å²) >= 11 is 0. The minimum absolute atomic E-state index is 0.370. The van der Waals surface area contributed by atoms with Gasteiger partial charge >= 0.3 is 0 Å². The van der Waals surface area contributed by atoms with Gasteiger partial charge in [0.25, 0.3) is 11.8 Å². The fourth-order valence-corrected chi connectivity index (χ4v) is 5.29. The molecule has 1 aliphatic heterocycles. The molecule has 3 N–H and O–H groups in total. The summed E-state index contributed by atoms with van der Waals surface area (Å²) in [4.78, 5) is 26.5. The van der Waals surface area contributed by atoms with Gasteiger partial charge in [-0.2, -0.15) is 0 Å². The van der Waals surface area contributed by atoms with Crippen molar-refractivity contribution in [1.82, 2.24) is 14.5 Å². The van der Waals surface area contributed by atoms with Crippen LogP contribution in [0.25, 0.3) is 33.0 Å². The number of nitrogens with one attached hydrogen (secondary N) is 1. The predicted molar refractivity (Wildman–Crippen MR) is 145 cm³/mol. The second-order valence-corrected chi connectivity index (χ2v) is 9.28. The summed E-state index contributed by atoms with van der Waals surface area (Å²) in [6, 6.07) is 21.8. The van der Waals surface area contributed by atoms with Gasteiger partial charge in [-0.25, -0.2) is 0 Å². The Morgan fingerprint density at radius 2 is 1.54 bits per heavy atom. The van der Waals surface area contributed by atoms with Crippen LogP contribution in [0.5, 0.6) is 5.75 Å². The maximum absolute atomic E-state index is 13.3. The first-order chi connectivity index (χ1) is 18.0. The molecule has 184 valence electrons. The third-order valence-electron chi connectivity index (χ3n) is 7.04. The smallest absolute Gasteiger partial charge is 0.259 e. The van der Waals surface area contributed by atoms with Crippen molar-refractivity contribution in [2.75, 3.05) is 7.11 Å². The normalized spacial score (nSPS) is 13.7. The van der Waals surface area contributed by atoms with Gasteiger partial charge in [-0.15, -0.1) is 0 Å². The van der Waals surface area contributed by atoms with Crippen molar-refractivity contribution in [3.05, 3.63) is 101 Å². The maximum Gasteiger partial charge on any atom is 0.259 e. The van der Waals surface area contributed by atoms with E-state index in [0.29, 0.717) is 35.5 Å². The van der Waals surface area contributed by atoms with E-state index in [9.17, 15) is 9.59 Å². The molecule has 3 aromatic carbocycles. The Morgan fingerprint density at radius 1 is 0.811 bits per heavy atom. The van der Waals surface area contributed by atoms with Crippen LogP contribution in [0.3, 0.4) is 0 Å². The molecule has 0 unspecified atom stereocenters. The molecular weight excluding hydrogens is 464 g/mol. The lowest BCUT2D eigenvalue weighted by molar-refractivity contribution is -0.122. The molecule has 0 radical (unpaired) electrons. The Morgan fingerprint density at radius 3 is 2.30 bits per heavy atom. The quantitative estimate of drug-likeness (QED) is 0.349. The third kappa shape index (κ3) is 3.72. The molecular formula is C30H26N4O3. The molecule has 0 aliphatic carbocycles. The van der Waals surface area contributed by atoms with Gasteiger partial charge < -0.3 is 19.6 Å². The first kappa shape index (κ1) is 22.8. The molecule has 7 nitrogen and oxygen atoms in total. The first-order valence-corrected chi connectivity index (χ1v) is 12.1. The Labute approximate surface area is 213 Å². The van der Waals surface area contributed by atoms with Gasteiger partial charge in [0.2, 0.25) is 0 Å². The summed E-state index contributed by atoms with van der Waals surface area (Å²) < 4.78 is 9.58. The monoisotopic (exact) mass is 490 g/mol. The number of amides is 2. The first-order valence-electron chi connectivity index (χ1n) is 12.1. The zero-order chi connectivity index (χ0) is 25.7. The topological polar surface area (TPSA) is 91.3 Å². The number of carbonyl (C=O) groups is 2. The largest absolute Gasteiger partial charge is 0.497 e. The minimum Gasteiger partial charge on any atom is -0.497 e. The van der Waals surface area contributed by atoms with Crippen LogP contribution in [0.4, 0.5) is 0 Å². The van der Waals surface area contributed by atoms with E-state index in [0.717, 1.165) is 38.5 Å². The van der Waals surface area contributed by atoms with Crippen molar-refractivity contribution >= 4 is 44.8 Å². The van der Waals surface area contributed by atoms with Gasteiger partial charge in [-0.3, -0.25) is 14.9 Å². The number of ether oxygens (including phenoxy) is 1. The van der Waals surface area contributed by atoms with Crippen LogP contribution in [-0.2, 0) is 29.7 Å². The molecule has 5 aromatic rings. The summed E-state index contributed by atoms with van der Waals surface area (Å²) in [5.74, 6) is -0.121. The minimum atomic E-state index is -0.403. The number of rotatable bonds is 6. The van der Waals surface area contributed by atoms with Crippen molar-refractivity contribution in [2.45, 2.75) is 13.1 Å². The van der Waals surface area contributed by atoms with E-state index >= 15 is 0 Å². The zero-order valence-corrected chi connectivity index (χ0v) is 20.6. The molecule has 37 heavy (non-hydrogen) atoms. The maximum atomic E-state index is 13.3. The fraction of sp³-hybridized carbons (Fsp3) is 0.133. The number of methoxy groups -OCH3 is 1. The van der Waals surface area contributed by atoms with Gasteiger partial charge in [-0.05, 0) is 35.4 Å². The molecule has 0 fully saturated rings. The molecule has 3 heterocycles. The summed E-state index contributed by atoms with van der Waals surface area (Å²) in [5.41, 5.74) is 12.1. The van der Waals surface area contributed by atoms with E-state index in [2.05, 4.69) is 22.0 Å². The number of hydrogen-bond acceptors (Lipinski definition) is 4. The highest BCUT2D eigenvalue weighted by molar-refractivity contribution is 6.50. The number of imide groups is 1. The fourth-order valence-electron chi connectivity index (χ4n) is 5.29. The lowest BCUT2D eigenvalue weighted by Gasteiger charge is -2.08. The SMILES string of the molecule is COc1ccc2c(c1)c(C1=C(c3cn(C)c4ccccc34)C(=O)NC1=O)cn2Cc1cccc(CN)c1. The summed E-state index contributed by atoms with van der Waals surface area (Å²) in [6.07, 6.45) is 3.87. The number of hydrogen-bond donors (Lipinski definition) is 2. The Balaban J connectivity index is 1.60. The number of aromatic nitrogens is 2. The van der Waals surface area contributed by atoms with Gasteiger partial charge in [-0.1, -0.05) is 42.5 Å². The van der Waals surface area contributed by atoms with Gasteiger partial charge in [0.15, 0.2) is 0 Å². The van der Waals surface area contributed by atoms with Crippen LogP contribution < -0.4 is 15.8 Å². The third-order valence-corrected chi connectivity index (χ3v) is 7.04. The van der Waals surface area contributed by atoms with Crippen molar-refractivity contribution in [3.63, 3.8) is 0 Å². The average Bonchev–Trinajstić information content (AvgIpc) is 3.53. The van der Waals surface area contributed by atoms with E-state index in [1.54, 1.807) is 7.11 Å². The summed E-state index contributed by atoms with van der Waals surface area (Å²) in [5, 5.41) is 4.30. The second kappa shape index (κ2) is 8.80. The number of nitrogens with two attached hydrogens (primary N) is 1. The molecule has 0 atom stereocenters. The molecule has 0 spiro atoms. The van der Waals surface area contributed by atoms with Crippen LogP contribution in [0.2, 0.25) is 0 Å². The lowest BCUT2D eigenvalue weighted by Crippen LogP contribution is -2.22. The van der Waals surface area contributed by atoms with E-state index in [1.807, 2.05) is 78.6 Å². The molecule has 1 aliphatic rings. The number of carbonyl (C=O) groups excluding carboxylic acids is 2.